The second-order valence-electron chi connectivity index (χ2n) is 13.1. The van der Waals surface area contributed by atoms with Crippen molar-refractivity contribution in [2.45, 2.75) is 0 Å². The number of para-hydroxylation sites is 8. The molecular formula is C52H40N4S8Sn. The normalized spacial score (nSPS) is 9.60. The second kappa shape index (κ2) is 28.8. The van der Waals surface area contributed by atoms with E-state index < -0.39 is 0 Å². The van der Waals surface area contributed by atoms with E-state index >= 15 is 0 Å². The average molecular weight is 1100 g/mol. The van der Waals surface area contributed by atoms with Gasteiger partial charge in [0.15, 0.2) is 0 Å². The Kier molecular flexibility index (Phi) is 23.3. The molecule has 0 atom stereocenters. The van der Waals surface area contributed by atoms with Gasteiger partial charge < -0.3 is 119 Å². The van der Waals surface area contributed by atoms with Crippen LogP contribution in [0.5, 0.6) is 0 Å². The van der Waals surface area contributed by atoms with Gasteiger partial charge in [0, 0.05) is 45.5 Å². The number of nitrogens with zero attached hydrogens (tertiary/aromatic N) is 4. The minimum absolute atomic E-state index is 0. The molecule has 0 amide bonds. The molecule has 8 aromatic rings. The van der Waals surface area contributed by atoms with Gasteiger partial charge in [-0.1, -0.05) is 163 Å². The molecular weight excluding hydrogens is 1060 g/mol. The number of hydrogen-bond donors (Lipinski definition) is 0. The Morgan fingerprint density at radius 1 is 0.215 bits per heavy atom. The Hall–Kier alpha value is -5.00. The van der Waals surface area contributed by atoms with Crippen molar-refractivity contribution >= 4 is 186 Å². The fourth-order valence-corrected chi connectivity index (χ4v) is 7.74. The molecule has 0 saturated carbocycles. The third-order valence-electron chi connectivity index (χ3n) is 8.85. The maximum Gasteiger partial charge on any atom is 4.00 e. The van der Waals surface area contributed by atoms with Crippen molar-refractivity contribution in [1.29, 1.82) is 0 Å². The van der Waals surface area contributed by atoms with Crippen molar-refractivity contribution in [3.63, 3.8) is 0 Å². The Morgan fingerprint density at radius 2 is 0.308 bits per heavy atom. The molecule has 0 saturated heterocycles. The first-order valence-corrected chi connectivity index (χ1v) is 22.9. The molecule has 0 bridgehead atoms. The van der Waals surface area contributed by atoms with Crippen LogP contribution >= 0.6 is 48.9 Å². The summed E-state index contributed by atoms with van der Waals surface area (Å²) in [5.74, 6) is 0. The SMILES string of the molecule is S=C([S-])N(c1ccccc1)c1ccccc1.S=C([S-])N(c1ccccc1)c1ccccc1.S=C([S-])N(c1ccccc1)c1ccccc1.S=C([S-])N(c1ccccc1)c1ccccc1.[Sn+4]. The maximum absolute atomic E-state index is 5.12. The summed E-state index contributed by atoms with van der Waals surface area (Å²) in [5, 5.41) is 0. The zero-order chi connectivity index (χ0) is 45.5. The van der Waals surface area contributed by atoms with Gasteiger partial charge in [0.2, 0.25) is 0 Å². The van der Waals surface area contributed by atoms with Crippen LogP contribution < -0.4 is 19.6 Å². The van der Waals surface area contributed by atoms with Crippen LogP contribution in [0.25, 0.3) is 0 Å². The first-order valence-electron chi connectivity index (χ1n) is 19.6. The van der Waals surface area contributed by atoms with Crippen LogP contribution in [0.1, 0.15) is 0 Å². The summed E-state index contributed by atoms with van der Waals surface area (Å²) >= 11 is 41.0. The molecule has 8 rings (SSSR count). The molecule has 0 aliphatic rings. The van der Waals surface area contributed by atoms with Gasteiger partial charge in [-0.15, -0.1) is 0 Å². The molecule has 320 valence electrons. The molecule has 0 spiro atoms. The molecule has 4 nitrogen and oxygen atoms in total. The number of thiocarbonyl (C=S) groups is 4. The third-order valence-corrected chi connectivity index (χ3v) is 10.3. The molecule has 65 heavy (non-hydrogen) atoms. The van der Waals surface area contributed by atoms with E-state index in [1.807, 2.05) is 262 Å². The van der Waals surface area contributed by atoms with Crippen molar-refractivity contribution < 1.29 is 0 Å². The molecule has 0 aliphatic heterocycles. The number of rotatable bonds is 8. The summed E-state index contributed by atoms with van der Waals surface area (Å²) in [6.07, 6.45) is 0. The van der Waals surface area contributed by atoms with E-state index in [2.05, 4.69) is 0 Å². The Bertz CT molecular complexity index is 2090. The molecule has 0 radical (unpaired) electrons. The quantitative estimate of drug-likeness (QED) is 0.0818. The Labute approximate surface area is 443 Å². The molecule has 0 N–H and O–H groups in total. The van der Waals surface area contributed by atoms with Crippen molar-refractivity contribution in [2.24, 2.45) is 0 Å². The Morgan fingerprint density at radius 3 is 0.385 bits per heavy atom. The van der Waals surface area contributed by atoms with Crippen LogP contribution in [0.4, 0.5) is 45.5 Å². The summed E-state index contributed by atoms with van der Waals surface area (Å²) in [7, 11) is 0. The third kappa shape index (κ3) is 16.7. The van der Waals surface area contributed by atoms with E-state index in [1.165, 1.54) is 0 Å². The minimum Gasteiger partial charge on any atom is -0.411 e. The topological polar surface area (TPSA) is 13.0 Å². The molecule has 13 heteroatoms. The molecule has 0 aromatic heterocycles. The molecule has 0 fully saturated rings. The van der Waals surface area contributed by atoms with Gasteiger partial charge in [0.25, 0.3) is 0 Å². The van der Waals surface area contributed by atoms with E-state index in [0.29, 0.717) is 17.3 Å². The van der Waals surface area contributed by atoms with E-state index in [9.17, 15) is 0 Å². The molecule has 0 aliphatic carbocycles. The zero-order valence-electron chi connectivity index (χ0n) is 34.6. The average Bonchev–Trinajstić information content (AvgIpc) is 3.32. The number of anilines is 8. The van der Waals surface area contributed by atoms with Gasteiger partial charge in [-0.3, -0.25) is 0 Å². The van der Waals surface area contributed by atoms with Crippen LogP contribution in [0, 0.1) is 0 Å². The smallest absolute Gasteiger partial charge is 0.411 e. The van der Waals surface area contributed by atoms with Crippen LogP contribution in [-0.4, -0.2) is 41.2 Å². The van der Waals surface area contributed by atoms with Gasteiger partial charge in [-0.2, -0.15) is 0 Å². The monoisotopic (exact) mass is 1100 g/mol. The standard InChI is InChI=1S/4C13H11NS2.Sn/c4*15-13(16)14(11-7-3-1-4-8-11)12-9-5-2-6-10-12;/h4*1-10H,(H,15,16);/q;;;;+4/p-4. The van der Waals surface area contributed by atoms with Crippen molar-refractivity contribution in [3.8, 4) is 0 Å². The number of hydrogen-bond acceptors (Lipinski definition) is 8. The zero-order valence-corrected chi connectivity index (χ0v) is 44.0. The fraction of sp³-hybridized carbons (Fsp3) is 0. The maximum atomic E-state index is 5.12. The van der Waals surface area contributed by atoms with Gasteiger partial charge in [0.1, 0.15) is 0 Å². The summed E-state index contributed by atoms with van der Waals surface area (Å²) in [6.45, 7) is 0. The van der Waals surface area contributed by atoms with E-state index in [4.69, 9.17) is 99.4 Å². The van der Waals surface area contributed by atoms with Gasteiger partial charge in [-0.25, -0.2) is 0 Å². The van der Waals surface area contributed by atoms with E-state index in [-0.39, 0.29) is 23.9 Å². The molecule has 8 aromatic carbocycles. The second-order valence-corrected chi connectivity index (χ2v) is 17.2. The predicted molar refractivity (Wildman–Crippen MR) is 306 cm³/mol. The van der Waals surface area contributed by atoms with Crippen LogP contribution in [0.15, 0.2) is 243 Å². The van der Waals surface area contributed by atoms with Crippen LogP contribution in [0.2, 0.25) is 0 Å². The van der Waals surface area contributed by atoms with Crippen molar-refractivity contribution in [3.05, 3.63) is 243 Å². The minimum atomic E-state index is 0. The van der Waals surface area contributed by atoms with Gasteiger partial charge in [-0.05, 0) is 97.1 Å². The number of benzene rings is 8. The first-order chi connectivity index (χ1) is 31.2. The Balaban J connectivity index is 0.000000189. The van der Waals surface area contributed by atoms with Gasteiger partial charge in [0.05, 0.1) is 0 Å². The fourth-order valence-electron chi connectivity index (χ4n) is 6.06. The summed E-state index contributed by atoms with van der Waals surface area (Å²) < 4.78 is 1.71. The summed E-state index contributed by atoms with van der Waals surface area (Å²) in [6, 6.07) is 79.2. The van der Waals surface area contributed by atoms with Crippen LogP contribution in [0.3, 0.4) is 0 Å². The molecule has 0 heterocycles. The van der Waals surface area contributed by atoms with E-state index in [0.717, 1.165) is 45.5 Å². The largest absolute Gasteiger partial charge is 4.00 e. The van der Waals surface area contributed by atoms with Crippen molar-refractivity contribution in [1.82, 2.24) is 0 Å². The predicted octanol–water partition coefficient (Wildman–Crippen LogP) is 14.2. The van der Waals surface area contributed by atoms with Crippen LogP contribution in [-0.2, 0) is 50.5 Å². The summed E-state index contributed by atoms with van der Waals surface area (Å²) in [4.78, 5) is 7.52. The van der Waals surface area contributed by atoms with Crippen molar-refractivity contribution in [2.75, 3.05) is 19.6 Å². The van der Waals surface area contributed by atoms with E-state index in [1.54, 1.807) is 0 Å². The van der Waals surface area contributed by atoms with Gasteiger partial charge >= 0.3 is 23.9 Å². The molecule has 0 unspecified atom stereocenters. The first kappa shape index (κ1) is 52.6. The summed E-state index contributed by atoms with van der Waals surface area (Å²) in [5.41, 5.74) is 7.95.